The summed E-state index contributed by atoms with van der Waals surface area (Å²) in [4.78, 5) is 96.4. The van der Waals surface area contributed by atoms with Crippen molar-refractivity contribution in [3.8, 4) is 0 Å². The SMILES string of the molecule is CSc1ccc(C(CC(=NOC(C)=O)c2ccc(C(CC(c3ccc(SC)cc3)N(OC(C)=O)C(C)=O)=NOC(C)=O)cc2)N(OC(C)=O)C(C)=O)cc1. The van der Waals surface area contributed by atoms with Crippen molar-refractivity contribution in [1.29, 1.82) is 0 Å². The third kappa shape index (κ3) is 12.9. The van der Waals surface area contributed by atoms with E-state index in [1.165, 1.54) is 65.1 Å². The number of nitrogens with zero attached hydrogens (tertiary/aromatic N) is 4. The highest BCUT2D eigenvalue weighted by molar-refractivity contribution is 7.98. The highest BCUT2D eigenvalue weighted by Gasteiger charge is 2.31. The van der Waals surface area contributed by atoms with Crippen LogP contribution in [0, 0.1) is 0 Å². The van der Waals surface area contributed by atoms with Crippen LogP contribution in [0.2, 0.25) is 0 Å². The van der Waals surface area contributed by atoms with Gasteiger partial charge in [-0.15, -0.1) is 23.5 Å². The van der Waals surface area contributed by atoms with Crippen LogP contribution in [0.25, 0.3) is 0 Å². The molecule has 0 aliphatic rings. The van der Waals surface area contributed by atoms with E-state index in [2.05, 4.69) is 10.3 Å². The molecule has 14 nitrogen and oxygen atoms in total. The lowest BCUT2D eigenvalue weighted by atomic mass is 9.94. The third-order valence-electron chi connectivity index (χ3n) is 7.54. The maximum atomic E-state index is 12.8. The fourth-order valence-electron chi connectivity index (χ4n) is 5.17. The monoisotopic (exact) mass is 778 g/mol. The lowest BCUT2D eigenvalue weighted by molar-refractivity contribution is -0.204. The van der Waals surface area contributed by atoms with Gasteiger partial charge >= 0.3 is 23.9 Å². The largest absolute Gasteiger partial charge is 0.338 e. The van der Waals surface area contributed by atoms with Crippen LogP contribution in [0.5, 0.6) is 0 Å². The fourth-order valence-corrected chi connectivity index (χ4v) is 5.99. The molecule has 2 amide bonds. The van der Waals surface area contributed by atoms with E-state index in [-0.39, 0.29) is 24.3 Å². The average molecular weight is 779 g/mol. The molecule has 0 bridgehead atoms. The molecule has 0 heterocycles. The van der Waals surface area contributed by atoms with Crippen LogP contribution in [0.3, 0.4) is 0 Å². The summed E-state index contributed by atoms with van der Waals surface area (Å²) in [5, 5.41) is 10.1. The quantitative estimate of drug-likeness (QED) is 0.0747. The molecular formula is C38H42N4O10S2. The first kappa shape index (κ1) is 42.9. The van der Waals surface area contributed by atoms with E-state index in [4.69, 9.17) is 19.4 Å². The summed E-state index contributed by atoms with van der Waals surface area (Å²) in [5.41, 5.74) is 2.59. The van der Waals surface area contributed by atoms with Crippen molar-refractivity contribution in [1.82, 2.24) is 10.1 Å². The van der Waals surface area contributed by atoms with Gasteiger partial charge in [-0.1, -0.05) is 58.8 Å². The van der Waals surface area contributed by atoms with E-state index in [0.717, 1.165) is 19.9 Å². The van der Waals surface area contributed by atoms with Crippen LogP contribution in [-0.2, 0) is 48.1 Å². The molecule has 0 spiro atoms. The number of thioether (sulfide) groups is 2. The fraction of sp³-hybridized carbons (Fsp3) is 0.316. The van der Waals surface area contributed by atoms with Gasteiger partial charge in [-0.05, 0) is 59.0 Å². The first-order chi connectivity index (χ1) is 25.6. The van der Waals surface area contributed by atoms with Crippen LogP contribution in [0.4, 0.5) is 0 Å². The van der Waals surface area contributed by atoms with Crippen molar-refractivity contribution in [3.05, 3.63) is 95.1 Å². The second kappa shape index (κ2) is 20.7. The molecule has 0 radical (unpaired) electrons. The summed E-state index contributed by atoms with van der Waals surface area (Å²) in [7, 11) is 0. The Morgan fingerprint density at radius 3 is 1.07 bits per heavy atom. The Balaban J connectivity index is 2.13. The zero-order valence-corrected chi connectivity index (χ0v) is 32.8. The van der Waals surface area contributed by atoms with Crippen molar-refractivity contribution in [2.75, 3.05) is 12.5 Å². The van der Waals surface area contributed by atoms with Gasteiger partial charge in [0.15, 0.2) is 0 Å². The van der Waals surface area contributed by atoms with Crippen molar-refractivity contribution in [2.45, 2.75) is 76.3 Å². The first-order valence-electron chi connectivity index (χ1n) is 16.5. The van der Waals surface area contributed by atoms with E-state index in [0.29, 0.717) is 22.3 Å². The number of oxime groups is 2. The molecule has 0 aliphatic heterocycles. The predicted octanol–water partition coefficient (Wildman–Crippen LogP) is 6.58. The molecule has 3 aromatic rings. The molecule has 0 saturated heterocycles. The number of carbonyl (C=O) groups excluding carboxylic acids is 6. The molecule has 0 fully saturated rings. The summed E-state index contributed by atoms with van der Waals surface area (Å²) in [6.07, 6.45) is 3.73. The highest BCUT2D eigenvalue weighted by Crippen LogP contribution is 2.32. The normalized spacial score (nSPS) is 12.5. The number of amides is 2. The van der Waals surface area contributed by atoms with Gasteiger partial charge in [-0.25, -0.2) is 9.59 Å². The number of carbonyl (C=O) groups is 6. The van der Waals surface area contributed by atoms with E-state index >= 15 is 0 Å². The zero-order chi connectivity index (χ0) is 39.9. The third-order valence-corrected chi connectivity index (χ3v) is 9.02. The van der Waals surface area contributed by atoms with Crippen molar-refractivity contribution in [3.63, 3.8) is 0 Å². The van der Waals surface area contributed by atoms with Crippen LogP contribution in [0.1, 0.15) is 88.7 Å². The van der Waals surface area contributed by atoms with Gasteiger partial charge < -0.3 is 19.4 Å². The molecule has 2 atom stereocenters. The molecule has 0 aromatic heterocycles. The summed E-state index contributed by atoms with van der Waals surface area (Å²) >= 11 is 3.06. The Labute approximate surface area is 322 Å². The summed E-state index contributed by atoms with van der Waals surface area (Å²) in [6.45, 7) is 7.24. The highest BCUT2D eigenvalue weighted by atomic mass is 32.2. The molecule has 16 heteroatoms. The molecule has 2 unspecified atom stereocenters. The summed E-state index contributed by atoms with van der Waals surface area (Å²) in [6, 6.07) is 19.5. The zero-order valence-electron chi connectivity index (χ0n) is 31.2. The maximum absolute atomic E-state index is 12.8. The van der Waals surface area contributed by atoms with E-state index in [9.17, 15) is 28.8 Å². The van der Waals surface area contributed by atoms with Crippen LogP contribution >= 0.6 is 23.5 Å². The Bertz CT molecular complexity index is 1740. The van der Waals surface area contributed by atoms with Crippen molar-refractivity contribution in [2.24, 2.45) is 10.3 Å². The Morgan fingerprint density at radius 2 is 0.833 bits per heavy atom. The summed E-state index contributed by atoms with van der Waals surface area (Å²) in [5.74, 6) is -3.91. The smallest absolute Gasteiger partial charge is 0.331 e. The Kier molecular flexibility index (Phi) is 16.4. The molecule has 3 aromatic carbocycles. The van der Waals surface area contributed by atoms with Gasteiger partial charge in [0.25, 0.3) is 11.8 Å². The minimum absolute atomic E-state index is 0.0590. The van der Waals surface area contributed by atoms with E-state index in [1.54, 1.807) is 48.5 Å². The molecule has 0 saturated carbocycles. The van der Waals surface area contributed by atoms with Crippen molar-refractivity contribution >= 4 is 70.6 Å². The van der Waals surface area contributed by atoms with Crippen LogP contribution in [-0.4, -0.2) is 69.8 Å². The van der Waals surface area contributed by atoms with Gasteiger partial charge in [0.05, 0.1) is 11.4 Å². The minimum atomic E-state index is -0.880. The van der Waals surface area contributed by atoms with E-state index in [1.807, 2.05) is 36.8 Å². The lowest BCUT2D eigenvalue weighted by Crippen LogP contribution is -2.36. The topological polar surface area (TPSA) is 171 Å². The molecule has 286 valence electrons. The minimum Gasteiger partial charge on any atom is -0.338 e. The molecule has 0 aliphatic carbocycles. The van der Waals surface area contributed by atoms with Crippen molar-refractivity contribution < 1.29 is 48.1 Å². The molecule has 54 heavy (non-hydrogen) atoms. The molecular weight excluding hydrogens is 737 g/mol. The van der Waals surface area contributed by atoms with Crippen LogP contribution < -0.4 is 0 Å². The molecule has 0 N–H and O–H groups in total. The van der Waals surface area contributed by atoms with Gasteiger partial charge in [0.1, 0.15) is 12.1 Å². The number of hydrogen-bond donors (Lipinski definition) is 0. The lowest BCUT2D eigenvalue weighted by Gasteiger charge is -2.29. The van der Waals surface area contributed by atoms with E-state index < -0.39 is 47.8 Å². The Hall–Kier alpha value is -5.48. The molecule has 3 rings (SSSR count). The van der Waals surface area contributed by atoms with Gasteiger partial charge in [-0.2, -0.15) is 10.1 Å². The number of hydrogen-bond acceptors (Lipinski definition) is 14. The van der Waals surface area contributed by atoms with Gasteiger partial charge in [0.2, 0.25) is 0 Å². The van der Waals surface area contributed by atoms with Gasteiger partial charge in [-0.3, -0.25) is 19.2 Å². The van der Waals surface area contributed by atoms with Crippen LogP contribution in [0.15, 0.2) is 92.9 Å². The number of rotatable bonds is 14. The van der Waals surface area contributed by atoms with Gasteiger partial charge in [0, 0.05) is 64.2 Å². The average Bonchev–Trinajstić information content (AvgIpc) is 3.13. The predicted molar refractivity (Wildman–Crippen MR) is 203 cm³/mol. The maximum Gasteiger partial charge on any atom is 0.331 e. The standard InChI is InChI=1S/C38H42N4O10S2/c1-23(43)41(51-27(5)47)37(31-13-17-33(53-7)18-14-31)21-35(39-49-25(3)45)29-9-11-30(12-10-29)36(40-50-26(4)46)22-38(42(24(2)44)52-28(6)48)32-15-19-34(54-8)20-16-32/h9-20,37-38H,21-22H2,1-8H3. The second-order valence-electron chi connectivity index (χ2n) is 11.7. The number of benzene rings is 3. The first-order valence-corrected chi connectivity index (χ1v) is 18.9. The summed E-state index contributed by atoms with van der Waals surface area (Å²) < 4.78 is 0. The number of hydroxylamine groups is 4. The Morgan fingerprint density at radius 1 is 0.519 bits per heavy atom. The second-order valence-corrected chi connectivity index (χ2v) is 13.4.